The van der Waals surface area contributed by atoms with E-state index in [2.05, 4.69) is 168 Å². The molecule has 0 amide bonds. The first kappa shape index (κ1) is 27.6. The van der Waals surface area contributed by atoms with Crippen LogP contribution in [0.15, 0.2) is 164 Å². The number of hydrogen-bond acceptors (Lipinski definition) is 3. The monoisotopic (exact) mass is 653 g/mol. The van der Waals surface area contributed by atoms with Gasteiger partial charge in [0.2, 0.25) is 5.95 Å². The molecule has 0 atom stereocenters. The van der Waals surface area contributed by atoms with E-state index in [1.807, 2.05) is 11.3 Å². The zero-order chi connectivity index (χ0) is 32.8. The minimum atomic E-state index is 0.667. The fourth-order valence-corrected chi connectivity index (χ4v) is 8.94. The van der Waals surface area contributed by atoms with Gasteiger partial charge in [-0.1, -0.05) is 115 Å². The van der Waals surface area contributed by atoms with Gasteiger partial charge in [-0.25, -0.2) is 9.97 Å². The number of thiophene rings is 1. The summed E-state index contributed by atoms with van der Waals surface area (Å²) in [4.78, 5) is 10.8. The van der Waals surface area contributed by atoms with E-state index in [4.69, 9.17) is 9.97 Å². The van der Waals surface area contributed by atoms with E-state index in [0.717, 1.165) is 33.2 Å². The Morgan fingerprint density at radius 1 is 0.400 bits per heavy atom. The summed E-state index contributed by atoms with van der Waals surface area (Å²) in [5.74, 6) is 0.667. The van der Waals surface area contributed by atoms with Crippen LogP contribution < -0.4 is 0 Å². The maximum absolute atomic E-state index is 5.51. The van der Waals surface area contributed by atoms with Crippen LogP contribution in [0, 0.1) is 0 Å². The molecule has 0 saturated carbocycles. The number of rotatable bonds is 3. The standard InChI is InChI=1S/C46H27N3S/c1-2-11-28(12-3-1)31-21-22-41-37(24-31)38-23-29-13-4-5-14-30(29)25-42(38)49(41)46-47-40-19-8-6-17-35(40)45(48-46)34-18-10-15-32-26-44-39(27-36(32)34)33-16-7-9-20-43(33)50-44/h1-27H. The second-order valence-electron chi connectivity index (χ2n) is 13.0. The Labute approximate surface area is 291 Å². The summed E-state index contributed by atoms with van der Waals surface area (Å²) in [5.41, 5.74) is 7.53. The highest BCUT2D eigenvalue weighted by Crippen LogP contribution is 2.41. The van der Waals surface area contributed by atoms with Crippen LogP contribution in [0.5, 0.6) is 0 Å². The van der Waals surface area contributed by atoms with Crippen LogP contribution in [0.25, 0.3) is 103 Å². The molecule has 3 heterocycles. The smallest absolute Gasteiger partial charge is 0.235 e. The van der Waals surface area contributed by atoms with Crippen molar-refractivity contribution in [3.05, 3.63) is 164 Å². The number of hydrogen-bond donors (Lipinski definition) is 0. The van der Waals surface area contributed by atoms with Crippen LogP contribution in [-0.4, -0.2) is 14.5 Å². The third-order valence-electron chi connectivity index (χ3n) is 10.2. The van der Waals surface area contributed by atoms with E-state index in [0.29, 0.717) is 5.95 Å². The maximum atomic E-state index is 5.51. The van der Waals surface area contributed by atoms with Gasteiger partial charge >= 0.3 is 0 Å². The Balaban J connectivity index is 1.22. The first-order valence-corrected chi connectivity index (χ1v) is 17.7. The molecule has 11 aromatic rings. The topological polar surface area (TPSA) is 30.7 Å². The largest absolute Gasteiger partial charge is 0.278 e. The van der Waals surface area contributed by atoms with E-state index in [9.17, 15) is 0 Å². The van der Waals surface area contributed by atoms with Crippen molar-refractivity contribution in [2.24, 2.45) is 0 Å². The molecule has 0 N–H and O–H groups in total. The predicted octanol–water partition coefficient (Wildman–Crippen LogP) is 12.7. The number of aromatic nitrogens is 3. The molecule has 50 heavy (non-hydrogen) atoms. The molecule has 232 valence electrons. The van der Waals surface area contributed by atoms with Crippen molar-refractivity contribution < 1.29 is 0 Å². The second kappa shape index (κ2) is 10.6. The third-order valence-corrected chi connectivity index (χ3v) is 11.3. The predicted molar refractivity (Wildman–Crippen MR) is 213 cm³/mol. The van der Waals surface area contributed by atoms with Gasteiger partial charge in [0.05, 0.1) is 22.2 Å². The van der Waals surface area contributed by atoms with Crippen molar-refractivity contribution in [2.75, 3.05) is 0 Å². The Morgan fingerprint density at radius 3 is 2.04 bits per heavy atom. The highest BCUT2D eigenvalue weighted by atomic mass is 32.1. The molecule has 0 aliphatic carbocycles. The molecule has 0 spiro atoms. The molecule has 3 aromatic heterocycles. The molecule has 0 bridgehead atoms. The Morgan fingerprint density at radius 2 is 1.14 bits per heavy atom. The van der Waals surface area contributed by atoms with Gasteiger partial charge in [0.1, 0.15) is 0 Å². The third kappa shape index (κ3) is 4.09. The molecule has 0 aliphatic heterocycles. The zero-order valence-electron chi connectivity index (χ0n) is 26.8. The highest BCUT2D eigenvalue weighted by molar-refractivity contribution is 7.25. The molecule has 0 fully saturated rings. The summed E-state index contributed by atoms with van der Waals surface area (Å²) in [6.07, 6.45) is 0. The van der Waals surface area contributed by atoms with E-state index < -0.39 is 0 Å². The molecule has 0 aliphatic rings. The molecule has 8 aromatic carbocycles. The summed E-state index contributed by atoms with van der Waals surface area (Å²) in [6.45, 7) is 0. The first-order valence-electron chi connectivity index (χ1n) is 16.9. The van der Waals surface area contributed by atoms with Crippen molar-refractivity contribution in [1.29, 1.82) is 0 Å². The maximum Gasteiger partial charge on any atom is 0.235 e. The van der Waals surface area contributed by atoms with Crippen molar-refractivity contribution in [2.45, 2.75) is 0 Å². The van der Waals surface area contributed by atoms with Crippen molar-refractivity contribution in [3.8, 4) is 28.3 Å². The molecule has 11 rings (SSSR count). The van der Waals surface area contributed by atoms with Crippen LogP contribution in [0.2, 0.25) is 0 Å². The van der Waals surface area contributed by atoms with Crippen molar-refractivity contribution in [1.82, 2.24) is 14.5 Å². The lowest BCUT2D eigenvalue weighted by Crippen LogP contribution is -2.03. The summed E-state index contributed by atoms with van der Waals surface area (Å²) < 4.78 is 4.87. The van der Waals surface area contributed by atoms with E-state index in [1.54, 1.807) is 0 Å². The van der Waals surface area contributed by atoms with Crippen molar-refractivity contribution in [3.63, 3.8) is 0 Å². The van der Waals surface area contributed by atoms with Crippen LogP contribution >= 0.6 is 11.3 Å². The van der Waals surface area contributed by atoms with Gasteiger partial charge < -0.3 is 0 Å². The van der Waals surface area contributed by atoms with Crippen LogP contribution in [-0.2, 0) is 0 Å². The molecular weight excluding hydrogens is 627 g/mol. The van der Waals surface area contributed by atoms with Crippen molar-refractivity contribution >= 4 is 85.8 Å². The summed E-state index contributed by atoms with van der Waals surface area (Å²) >= 11 is 1.85. The quantitative estimate of drug-likeness (QED) is 0.190. The molecule has 0 radical (unpaired) electrons. The van der Waals surface area contributed by atoms with Gasteiger partial charge in [-0.15, -0.1) is 11.3 Å². The summed E-state index contributed by atoms with van der Waals surface area (Å²) in [7, 11) is 0. The van der Waals surface area contributed by atoms with Gasteiger partial charge in [-0.2, -0.15) is 0 Å². The van der Waals surface area contributed by atoms with E-state index in [-0.39, 0.29) is 0 Å². The number of fused-ring (bicyclic) bond motifs is 9. The van der Waals surface area contributed by atoms with Crippen LogP contribution in [0.4, 0.5) is 0 Å². The van der Waals surface area contributed by atoms with E-state index in [1.165, 1.54) is 63.6 Å². The van der Waals surface area contributed by atoms with Gasteiger partial charge in [0, 0.05) is 41.9 Å². The lowest BCUT2D eigenvalue weighted by molar-refractivity contribution is 1.01. The van der Waals surface area contributed by atoms with Gasteiger partial charge in [0.25, 0.3) is 0 Å². The van der Waals surface area contributed by atoms with Crippen LogP contribution in [0.1, 0.15) is 0 Å². The average Bonchev–Trinajstić information content (AvgIpc) is 3.70. The molecular formula is C46H27N3S. The molecule has 0 unspecified atom stereocenters. The first-order chi connectivity index (χ1) is 24.8. The highest BCUT2D eigenvalue weighted by Gasteiger charge is 2.20. The molecule has 3 nitrogen and oxygen atoms in total. The normalized spacial score (nSPS) is 12.0. The van der Waals surface area contributed by atoms with E-state index >= 15 is 0 Å². The number of benzene rings is 8. The average molecular weight is 654 g/mol. The van der Waals surface area contributed by atoms with Gasteiger partial charge in [-0.05, 0) is 81.2 Å². The molecule has 4 heteroatoms. The van der Waals surface area contributed by atoms with Gasteiger partial charge in [0.15, 0.2) is 0 Å². The Bertz CT molecular complexity index is 3150. The number of para-hydroxylation sites is 1. The fourth-order valence-electron chi connectivity index (χ4n) is 7.80. The second-order valence-corrected chi connectivity index (χ2v) is 14.1. The lowest BCUT2D eigenvalue weighted by atomic mass is 9.97. The Kier molecular flexibility index (Phi) is 5.83. The van der Waals surface area contributed by atoms with Crippen LogP contribution in [0.3, 0.4) is 0 Å². The zero-order valence-corrected chi connectivity index (χ0v) is 27.7. The lowest BCUT2D eigenvalue weighted by Gasteiger charge is -2.14. The summed E-state index contributed by atoms with van der Waals surface area (Å²) in [5, 5.41) is 10.8. The number of nitrogens with zero attached hydrogens (tertiary/aromatic N) is 3. The SMILES string of the molecule is c1ccc(-c2ccc3c(c2)c2cc4ccccc4cc2n3-c2nc(-c3cccc4cc5sc6ccccc6c5cc34)c3ccccc3n2)cc1. The molecule has 0 saturated heterocycles. The summed E-state index contributed by atoms with van der Waals surface area (Å²) in [6, 6.07) is 59.0. The Hall–Kier alpha value is -6.36. The minimum Gasteiger partial charge on any atom is -0.278 e. The van der Waals surface area contributed by atoms with Gasteiger partial charge in [-0.3, -0.25) is 4.57 Å². The fraction of sp³-hybridized carbons (Fsp3) is 0. The minimum absolute atomic E-state index is 0.667.